The van der Waals surface area contributed by atoms with Crippen molar-refractivity contribution in [2.45, 2.75) is 31.1 Å². The number of aromatic nitrogens is 3. The topological polar surface area (TPSA) is 130 Å². The maximum atomic E-state index is 15.7. The number of amides is 2. The second-order valence-corrected chi connectivity index (χ2v) is 8.27. The van der Waals surface area contributed by atoms with Crippen LogP contribution in [0.3, 0.4) is 0 Å². The molecule has 34 heavy (non-hydrogen) atoms. The highest BCUT2D eigenvalue weighted by atomic mass is 19.1. The van der Waals surface area contributed by atoms with E-state index in [0.29, 0.717) is 19.5 Å². The van der Waals surface area contributed by atoms with Crippen molar-refractivity contribution in [3.63, 3.8) is 0 Å². The van der Waals surface area contributed by atoms with E-state index in [1.54, 1.807) is 6.20 Å². The van der Waals surface area contributed by atoms with Crippen LogP contribution in [0.1, 0.15) is 28.8 Å². The van der Waals surface area contributed by atoms with Crippen molar-refractivity contribution in [2.75, 3.05) is 18.4 Å². The molecule has 174 valence electrons. The van der Waals surface area contributed by atoms with E-state index in [4.69, 9.17) is 5.73 Å². The number of carbonyl (C=O) groups is 2. The van der Waals surface area contributed by atoms with E-state index in [-0.39, 0.29) is 30.8 Å². The van der Waals surface area contributed by atoms with Crippen LogP contribution in [0.15, 0.2) is 54.9 Å². The highest BCUT2D eigenvalue weighted by Crippen LogP contribution is 2.37. The van der Waals surface area contributed by atoms with Gasteiger partial charge >= 0.3 is 0 Å². The molecule has 0 saturated carbocycles. The van der Waals surface area contributed by atoms with E-state index in [9.17, 15) is 14.9 Å². The van der Waals surface area contributed by atoms with E-state index in [0.717, 1.165) is 16.8 Å². The first-order valence-corrected chi connectivity index (χ1v) is 10.8. The van der Waals surface area contributed by atoms with Gasteiger partial charge in [-0.05, 0) is 18.1 Å². The number of nitrogens with one attached hydrogen (secondary N) is 1. The van der Waals surface area contributed by atoms with Gasteiger partial charge in [0.1, 0.15) is 17.3 Å². The molecule has 1 saturated heterocycles. The van der Waals surface area contributed by atoms with Crippen LogP contribution in [0.25, 0.3) is 11.3 Å². The lowest BCUT2D eigenvalue weighted by Gasteiger charge is -2.43. The molecule has 0 aliphatic carbocycles. The molecule has 9 nitrogen and oxygen atoms in total. The molecule has 0 bridgehead atoms. The van der Waals surface area contributed by atoms with Crippen LogP contribution in [-0.2, 0) is 16.9 Å². The van der Waals surface area contributed by atoms with Gasteiger partial charge in [-0.2, -0.15) is 10.4 Å². The van der Waals surface area contributed by atoms with Gasteiger partial charge in [-0.25, -0.2) is 4.39 Å². The molecule has 2 atom stereocenters. The Hall–Kier alpha value is -4.10. The van der Waals surface area contributed by atoms with Gasteiger partial charge in [0, 0.05) is 37.6 Å². The quantitative estimate of drug-likeness (QED) is 0.496. The van der Waals surface area contributed by atoms with Crippen molar-refractivity contribution >= 4 is 18.1 Å². The predicted molar refractivity (Wildman–Crippen MR) is 123 cm³/mol. The van der Waals surface area contributed by atoms with Gasteiger partial charge in [0.25, 0.3) is 5.91 Å². The third kappa shape index (κ3) is 4.51. The number of likely N-dealkylation sites (tertiary alicyclic amines) is 1. The number of piperidine rings is 1. The lowest BCUT2D eigenvalue weighted by Crippen LogP contribution is -2.54. The van der Waals surface area contributed by atoms with E-state index < -0.39 is 17.6 Å². The van der Waals surface area contributed by atoms with Crippen LogP contribution in [0.2, 0.25) is 0 Å². The average molecular weight is 462 g/mol. The molecule has 1 fully saturated rings. The molecule has 1 aromatic carbocycles. The second kappa shape index (κ2) is 9.80. The smallest absolute Gasteiger partial charge is 0.254 e. The van der Waals surface area contributed by atoms with Crippen LogP contribution >= 0.6 is 0 Å². The fourth-order valence-electron chi connectivity index (χ4n) is 4.32. The molecule has 3 heterocycles. The molecular weight excluding hydrogens is 437 g/mol. The van der Waals surface area contributed by atoms with Crippen LogP contribution in [-0.4, -0.2) is 51.2 Å². The van der Waals surface area contributed by atoms with E-state index >= 15 is 4.39 Å². The third-order valence-electron chi connectivity index (χ3n) is 6.18. The summed E-state index contributed by atoms with van der Waals surface area (Å²) in [5.74, 6) is -0.860. The summed E-state index contributed by atoms with van der Waals surface area (Å²) < 4.78 is 16.9. The number of hydrogen-bond acceptors (Lipinski definition) is 6. The fraction of sp³-hybridized carbons (Fsp3) is 0.292. The van der Waals surface area contributed by atoms with Gasteiger partial charge in [-0.1, -0.05) is 36.4 Å². The van der Waals surface area contributed by atoms with Crippen LogP contribution < -0.4 is 11.1 Å². The van der Waals surface area contributed by atoms with E-state index in [1.165, 1.54) is 10.9 Å². The van der Waals surface area contributed by atoms with Gasteiger partial charge in [-0.3, -0.25) is 24.2 Å². The number of hydrogen-bond donors (Lipinski definition) is 2. The average Bonchev–Trinajstić information content (AvgIpc) is 3.27. The molecule has 2 unspecified atom stereocenters. The molecule has 1 aliphatic rings. The molecule has 4 rings (SSSR count). The Kier molecular flexibility index (Phi) is 6.65. The molecular formula is C24H24FN7O2. The fourth-order valence-corrected chi connectivity index (χ4v) is 4.32. The number of halogens is 1. The van der Waals surface area contributed by atoms with Crippen molar-refractivity contribution in [3.8, 4) is 17.3 Å². The number of carbonyl (C=O) groups excluding carboxylic acids is 2. The Morgan fingerprint density at radius 2 is 2.12 bits per heavy atom. The first kappa shape index (κ1) is 23.1. The van der Waals surface area contributed by atoms with Crippen molar-refractivity contribution in [1.29, 1.82) is 5.26 Å². The van der Waals surface area contributed by atoms with E-state index in [2.05, 4.69) is 15.4 Å². The summed E-state index contributed by atoms with van der Waals surface area (Å²) in [7, 11) is 0. The van der Waals surface area contributed by atoms with E-state index in [1.807, 2.05) is 53.4 Å². The molecule has 0 spiro atoms. The van der Waals surface area contributed by atoms with Crippen molar-refractivity contribution in [3.05, 3.63) is 66.0 Å². The standard InChI is InChI=1S/C24H24FN7O2/c25-21-15-31(13-17-6-7-20(28-12-17)18-4-2-1-3-5-18)11-9-24(21,8-10-26)32-14-19(22(27)34)23(30-32)29-16-33/h1-7,12,14,16,21H,8-9,11,13,15H2,(H2,27,34)(H,29,30,33). The summed E-state index contributed by atoms with van der Waals surface area (Å²) in [6.45, 7) is 1.09. The SMILES string of the molecule is N#CCC1(n2cc(C(N)=O)c(NC=O)n2)CCN(Cc2ccc(-c3ccccc3)nc2)CC1F. The number of primary amides is 1. The molecule has 2 amide bonds. The first-order valence-electron chi connectivity index (χ1n) is 10.8. The number of nitriles is 1. The zero-order chi connectivity index (χ0) is 24.1. The summed E-state index contributed by atoms with van der Waals surface area (Å²) in [5, 5.41) is 15.9. The summed E-state index contributed by atoms with van der Waals surface area (Å²) in [6, 6.07) is 15.8. The normalized spacial score (nSPS) is 20.4. The number of benzene rings is 1. The third-order valence-corrected chi connectivity index (χ3v) is 6.18. The van der Waals surface area contributed by atoms with Gasteiger partial charge in [0.15, 0.2) is 5.82 Å². The van der Waals surface area contributed by atoms with Crippen LogP contribution in [0.4, 0.5) is 10.2 Å². The van der Waals surface area contributed by atoms with Crippen molar-refractivity contribution in [1.82, 2.24) is 19.7 Å². The lowest BCUT2D eigenvalue weighted by molar-refractivity contribution is -0.105. The molecule has 10 heteroatoms. The Bertz CT molecular complexity index is 1210. The Morgan fingerprint density at radius 1 is 1.32 bits per heavy atom. The maximum Gasteiger partial charge on any atom is 0.254 e. The molecule has 0 radical (unpaired) electrons. The Morgan fingerprint density at radius 3 is 2.74 bits per heavy atom. The van der Waals surface area contributed by atoms with Crippen molar-refractivity contribution < 1.29 is 14.0 Å². The van der Waals surface area contributed by atoms with Gasteiger partial charge in [-0.15, -0.1) is 0 Å². The minimum absolute atomic E-state index is 0.0383. The summed E-state index contributed by atoms with van der Waals surface area (Å²) in [5.41, 5.74) is 6.90. The number of anilines is 1. The Labute approximate surface area is 196 Å². The number of pyridine rings is 1. The molecule has 1 aliphatic heterocycles. The number of alkyl halides is 1. The molecule has 2 aromatic heterocycles. The summed E-state index contributed by atoms with van der Waals surface area (Å²) in [4.78, 5) is 29.1. The minimum atomic E-state index is -1.44. The highest BCUT2D eigenvalue weighted by Gasteiger charge is 2.46. The van der Waals surface area contributed by atoms with Crippen LogP contribution in [0, 0.1) is 11.3 Å². The monoisotopic (exact) mass is 461 g/mol. The number of nitrogens with two attached hydrogens (primary N) is 1. The highest BCUT2D eigenvalue weighted by molar-refractivity contribution is 5.99. The largest absolute Gasteiger partial charge is 0.365 e. The van der Waals surface area contributed by atoms with Gasteiger partial charge in [0.05, 0.1) is 18.2 Å². The Balaban J connectivity index is 1.51. The zero-order valence-electron chi connectivity index (χ0n) is 18.4. The summed E-state index contributed by atoms with van der Waals surface area (Å²) >= 11 is 0. The predicted octanol–water partition coefficient (Wildman–Crippen LogP) is 2.47. The maximum absolute atomic E-state index is 15.7. The van der Waals surface area contributed by atoms with Crippen molar-refractivity contribution in [2.24, 2.45) is 5.73 Å². The molecule has 3 aromatic rings. The lowest BCUT2D eigenvalue weighted by atomic mass is 9.83. The molecule has 3 N–H and O–H groups in total. The van der Waals surface area contributed by atoms with Gasteiger partial charge in [0.2, 0.25) is 6.41 Å². The van der Waals surface area contributed by atoms with Crippen LogP contribution in [0.5, 0.6) is 0 Å². The van der Waals surface area contributed by atoms with Gasteiger partial charge < -0.3 is 11.1 Å². The minimum Gasteiger partial charge on any atom is -0.365 e. The number of rotatable bonds is 8. The first-order chi connectivity index (χ1) is 16.5. The zero-order valence-corrected chi connectivity index (χ0v) is 18.4. The number of nitrogens with zero attached hydrogens (tertiary/aromatic N) is 5. The summed E-state index contributed by atoms with van der Waals surface area (Å²) in [6.07, 6.45) is 2.16. The second-order valence-electron chi connectivity index (χ2n) is 8.27.